The molecule has 0 aromatic carbocycles. The summed E-state index contributed by atoms with van der Waals surface area (Å²) in [5.41, 5.74) is 0.451. The van der Waals surface area contributed by atoms with E-state index in [1.54, 1.807) is 12.3 Å². The third-order valence-electron chi connectivity index (χ3n) is 2.75. The minimum absolute atomic E-state index is 0.451. The minimum atomic E-state index is 0.451. The second kappa shape index (κ2) is 4.93. The second-order valence-electron chi connectivity index (χ2n) is 4.13. The Kier molecular flexibility index (Phi) is 3.35. The van der Waals surface area contributed by atoms with Crippen molar-refractivity contribution >= 4 is 5.95 Å². The molecule has 1 aliphatic rings. The van der Waals surface area contributed by atoms with Gasteiger partial charge in [-0.05, 0) is 25.3 Å². The first-order valence-electron chi connectivity index (χ1n) is 5.85. The molecular weight excluding hydrogens is 200 g/mol. The van der Waals surface area contributed by atoms with E-state index >= 15 is 0 Å². The molecule has 1 aromatic rings. The van der Waals surface area contributed by atoms with E-state index < -0.39 is 0 Å². The van der Waals surface area contributed by atoms with Crippen molar-refractivity contribution in [3.8, 4) is 6.07 Å². The van der Waals surface area contributed by atoms with Crippen LogP contribution < -0.4 is 4.90 Å². The number of nitriles is 1. The summed E-state index contributed by atoms with van der Waals surface area (Å²) < 4.78 is 0. The van der Waals surface area contributed by atoms with Crippen molar-refractivity contribution in [3.63, 3.8) is 0 Å². The molecule has 1 saturated carbocycles. The number of rotatable bonds is 5. The highest BCUT2D eigenvalue weighted by molar-refractivity contribution is 5.36. The molecule has 0 bridgehead atoms. The molecule has 0 saturated heterocycles. The number of unbranched alkanes of at least 4 members (excludes halogenated alkanes) is 1. The number of aromatic nitrogens is 2. The summed E-state index contributed by atoms with van der Waals surface area (Å²) >= 11 is 0. The Morgan fingerprint density at radius 3 is 3.00 bits per heavy atom. The molecule has 0 spiro atoms. The van der Waals surface area contributed by atoms with Crippen molar-refractivity contribution in [1.82, 2.24) is 9.97 Å². The fourth-order valence-electron chi connectivity index (χ4n) is 1.71. The normalized spacial score (nSPS) is 14.5. The maximum absolute atomic E-state index is 8.82. The zero-order chi connectivity index (χ0) is 11.4. The quantitative estimate of drug-likeness (QED) is 0.756. The van der Waals surface area contributed by atoms with E-state index in [0.29, 0.717) is 11.7 Å². The fourth-order valence-corrected chi connectivity index (χ4v) is 1.71. The van der Waals surface area contributed by atoms with Crippen LogP contribution >= 0.6 is 0 Å². The van der Waals surface area contributed by atoms with E-state index in [0.717, 1.165) is 18.9 Å². The largest absolute Gasteiger partial charge is 0.338 e. The van der Waals surface area contributed by atoms with Gasteiger partial charge in [0.1, 0.15) is 11.8 Å². The second-order valence-corrected chi connectivity index (χ2v) is 4.13. The smallest absolute Gasteiger partial charge is 0.226 e. The molecule has 4 nitrogen and oxygen atoms in total. The lowest BCUT2D eigenvalue weighted by atomic mass is 10.3. The van der Waals surface area contributed by atoms with Crippen molar-refractivity contribution in [3.05, 3.63) is 18.0 Å². The summed E-state index contributed by atoms with van der Waals surface area (Å²) in [7, 11) is 0. The van der Waals surface area contributed by atoms with Crippen molar-refractivity contribution in [2.75, 3.05) is 11.4 Å². The van der Waals surface area contributed by atoms with Gasteiger partial charge in [-0.1, -0.05) is 13.3 Å². The summed E-state index contributed by atoms with van der Waals surface area (Å²) in [5, 5.41) is 8.82. The fraction of sp³-hybridized carbons (Fsp3) is 0.583. The van der Waals surface area contributed by atoms with Crippen LogP contribution in [0.25, 0.3) is 0 Å². The topological polar surface area (TPSA) is 52.8 Å². The van der Waals surface area contributed by atoms with Crippen LogP contribution in [0.2, 0.25) is 0 Å². The van der Waals surface area contributed by atoms with Gasteiger partial charge in [0.15, 0.2) is 0 Å². The molecule has 0 aliphatic heterocycles. The van der Waals surface area contributed by atoms with Crippen LogP contribution in [0.3, 0.4) is 0 Å². The van der Waals surface area contributed by atoms with E-state index in [9.17, 15) is 0 Å². The zero-order valence-electron chi connectivity index (χ0n) is 9.56. The van der Waals surface area contributed by atoms with Gasteiger partial charge in [-0.15, -0.1) is 0 Å². The van der Waals surface area contributed by atoms with Gasteiger partial charge in [-0.25, -0.2) is 9.97 Å². The Balaban J connectivity index is 2.14. The van der Waals surface area contributed by atoms with Crippen LogP contribution in [0.5, 0.6) is 0 Å². The van der Waals surface area contributed by atoms with Gasteiger partial charge in [0, 0.05) is 18.8 Å². The number of anilines is 1. The average molecular weight is 216 g/mol. The van der Waals surface area contributed by atoms with Crippen LogP contribution in [-0.2, 0) is 0 Å². The first-order valence-corrected chi connectivity index (χ1v) is 5.85. The monoisotopic (exact) mass is 216 g/mol. The summed E-state index contributed by atoms with van der Waals surface area (Å²) in [6, 6.07) is 4.30. The highest BCUT2D eigenvalue weighted by atomic mass is 15.3. The van der Waals surface area contributed by atoms with E-state index in [1.165, 1.54) is 19.3 Å². The summed E-state index contributed by atoms with van der Waals surface area (Å²) in [4.78, 5) is 10.8. The molecule has 0 N–H and O–H groups in total. The Bertz CT molecular complexity index is 392. The predicted octanol–water partition coefficient (Wildman–Crippen LogP) is 2.12. The average Bonchev–Trinajstić information content (AvgIpc) is 3.14. The first kappa shape index (κ1) is 10.9. The van der Waals surface area contributed by atoms with Crippen molar-refractivity contribution in [1.29, 1.82) is 5.26 Å². The summed E-state index contributed by atoms with van der Waals surface area (Å²) in [6.07, 6.45) is 6.44. The van der Waals surface area contributed by atoms with Gasteiger partial charge in [-0.2, -0.15) is 5.26 Å². The Morgan fingerprint density at radius 1 is 1.56 bits per heavy atom. The highest BCUT2D eigenvalue weighted by Gasteiger charge is 2.30. The predicted molar refractivity (Wildman–Crippen MR) is 62.0 cm³/mol. The molecule has 84 valence electrons. The number of nitrogens with zero attached hydrogens (tertiary/aromatic N) is 4. The van der Waals surface area contributed by atoms with E-state index in [4.69, 9.17) is 5.26 Å². The van der Waals surface area contributed by atoms with Crippen LogP contribution in [-0.4, -0.2) is 22.6 Å². The SMILES string of the molecule is CCCCN(c1nccc(C#N)n1)C1CC1. The van der Waals surface area contributed by atoms with Gasteiger partial charge in [0.25, 0.3) is 0 Å². The molecule has 16 heavy (non-hydrogen) atoms. The number of hydrogen-bond acceptors (Lipinski definition) is 4. The van der Waals surface area contributed by atoms with Gasteiger partial charge in [0.05, 0.1) is 0 Å². The molecule has 0 amide bonds. The third kappa shape index (κ3) is 2.48. The lowest BCUT2D eigenvalue weighted by Crippen LogP contribution is -2.28. The Labute approximate surface area is 95.9 Å². The Hall–Kier alpha value is -1.63. The van der Waals surface area contributed by atoms with Gasteiger partial charge in [0.2, 0.25) is 5.95 Å². The molecule has 1 heterocycles. The van der Waals surface area contributed by atoms with Gasteiger partial charge >= 0.3 is 0 Å². The molecular formula is C12H16N4. The van der Waals surface area contributed by atoms with Crippen molar-refractivity contribution in [2.24, 2.45) is 0 Å². The first-order chi connectivity index (χ1) is 7.85. The van der Waals surface area contributed by atoms with Crippen molar-refractivity contribution < 1.29 is 0 Å². The van der Waals surface area contributed by atoms with E-state index in [1.807, 2.05) is 0 Å². The third-order valence-corrected chi connectivity index (χ3v) is 2.75. The van der Waals surface area contributed by atoms with E-state index in [-0.39, 0.29) is 0 Å². The minimum Gasteiger partial charge on any atom is -0.338 e. The molecule has 0 radical (unpaired) electrons. The molecule has 4 heteroatoms. The maximum Gasteiger partial charge on any atom is 0.226 e. The van der Waals surface area contributed by atoms with Crippen LogP contribution in [0.15, 0.2) is 12.3 Å². The van der Waals surface area contributed by atoms with E-state index in [2.05, 4.69) is 27.9 Å². The van der Waals surface area contributed by atoms with Gasteiger partial charge < -0.3 is 4.90 Å². The zero-order valence-corrected chi connectivity index (χ0v) is 9.56. The van der Waals surface area contributed by atoms with Gasteiger partial charge in [-0.3, -0.25) is 0 Å². The Morgan fingerprint density at radius 2 is 2.38 bits per heavy atom. The van der Waals surface area contributed by atoms with Crippen LogP contribution in [0, 0.1) is 11.3 Å². The summed E-state index contributed by atoms with van der Waals surface area (Å²) in [6.45, 7) is 3.17. The summed E-state index contributed by atoms with van der Waals surface area (Å²) in [5.74, 6) is 0.718. The lowest BCUT2D eigenvalue weighted by molar-refractivity contribution is 0.693. The molecule has 1 fully saturated rings. The molecule has 2 rings (SSSR count). The molecule has 0 unspecified atom stereocenters. The van der Waals surface area contributed by atoms with Crippen molar-refractivity contribution in [2.45, 2.75) is 38.6 Å². The van der Waals surface area contributed by atoms with Crippen LogP contribution in [0.4, 0.5) is 5.95 Å². The standard InChI is InChI=1S/C12H16N4/c1-2-3-8-16(11-4-5-11)12-14-7-6-10(9-13)15-12/h6-7,11H,2-5,8H2,1H3. The maximum atomic E-state index is 8.82. The highest BCUT2D eigenvalue weighted by Crippen LogP contribution is 2.29. The number of hydrogen-bond donors (Lipinski definition) is 0. The van der Waals surface area contributed by atoms with Crippen LogP contribution in [0.1, 0.15) is 38.3 Å². The lowest BCUT2D eigenvalue weighted by Gasteiger charge is -2.21. The molecule has 1 aromatic heterocycles. The molecule has 0 atom stereocenters. The molecule has 1 aliphatic carbocycles.